The molecule has 2 N–H and O–H groups in total. The van der Waals surface area contributed by atoms with Crippen LogP contribution >= 0.6 is 0 Å². The molecule has 0 radical (unpaired) electrons. The predicted octanol–water partition coefficient (Wildman–Crippen LogP) is 1.68. The molecule has 0 aliphatic carbocycles. The zero-order valence-electron chi connectivity index (χ0n) is 6.31. The van der Waals surface area contributed by atoms with Gasteiger partial charge in [-0.3, -0.25) is 0 Å². The molecule has 1 aromatic carbocycles. The van der Waals surface area contributed by atoms with Gasteiger partial charge in [0.05, 0.1) is 0 Å². The maximum atomic E-state index is 5.66. The van der Waals surface area contributed by atoms with E-state index in [0.717, 1.165) is 16.8 Å². The van der Waals surface area contributed by atoms with Crippen LogP contribution in [0.2, 0.25) is 0 Å². The van der Waals surface area contributed by atoms with Crippen LogP contribution in [0, 0.1) is 19.9 Å². The molecule has 0 bridgehead atoms. The SMILES string of the molecule is Cc1c[c-]cc(C)c1N.[Y+3]. The third kappa shape index (κ3) is 2.07. The van der Waals surface area contributed by atoms with Gasteiger partial charge < -0.3 is 5.73 Å². The Morgan fingerprint density at radius 1 is 1.20 bits per heavy atom. The zero-order valence-corrected chi connectivity index (χ0v) is 9.15. The van der Waals surface area contributed by atoms with Gasteiger partial charge in [0.2, 0.25) is 0 Å². The molecular weight excluding hydrogens is 199 g/mol. The number of nitrogen functional groups attached to an aromatic ring is 1. The molecule has 1 aromatic rings. The molecule has 0 spiro atoms. The van der Waals surface area contributed by atoms with Crippen molar-refractivity contribution >= 4 is 5.69 Å². The Morgan fingerprint density at radius 2 is 1.60 bits per heavy atom. The zero-order chi connectivity index (χ0) is 6.85. The maximum Gasteiger partial charge on any atom is 3.00 e. The van der Waals surface area contributed by atoms with Crippen molar-refractivity contribution in [2.24, 2.45) is 0 Å². The molecule has 10 heavy (non-hydrogen) atoms. The molecule has 48 valence electrons. The third-order valence-corrected chi connectivity index (χ3v) is 1.45. The van der Waals surface area contributed by atoms with Crippen LogP contribution in [-0.2, 0) is 32.7 Å². The van der Waals surface area contributed by atoms with Gasteiger partial charge in [0, 0.05) is 0 Å². The Hall–Kier alpha value is 0.124. The fourth-order valence-corrected chi connectivity index (χ4v) is 0.758. The van der Waals surface area contributed by atoms with Crippen LogP contribution in [0.5, 0.6) is 0 Å². The van der Waals surface area contributed by atoms with Crippen molar-refractivity contribution in [1.29, 1.82) is 0 Å². The van der Waals surface area contributed by atoms with Crippen LogP contribution < -0.4 is 5.73 Å². The number of benzene rings is 1. The first kappa shape index (κ1) is 10.1. The van der Waals surface area contributed by atoms with Crippen LogP contribution in [-0.4, -0.2) is 0 Å². The van der Waals surface area contributed by atoms with Gasteiger partial charge in [-0.2, -0.15) is 18.2 Å². The molecule has 0 aliphatic rings. The molecule has 0 atom stereocenters. The maximum absolute atomic E-state index is 5.66. The van der Waals surface area contributed by atoms with Gasteiger partial charge in [-0.1, -0.05) is 19.5 Å². The van der Waals surface area contributed by atoms with E-state index in [9.17, 15) is 0 Å². The van der Waals surface area contributed by atoms with Gasteiger partial charge in [0.25, 0.3) is 0 Å². The number of nitrogens with two attached hydrogens (primary N) is 1. The molecule has 0 saturated heterocycles. The van der Waals surface area contributed by atoms with Gasteiger partial charge in [-0.15, -0.1) is 11.1 Å². The van der Waals surface area contributed by atoms with Crippen molar-refractivity contribution in [3.8, 4) is 0 Å². The molecule has 0 unspecified atom stereocenters. The minimum Gasteiger partial charge on any atom is -0.419 e. The van der Waals surface area contributed by atoms with Gasteiger partial charge >= 0.3 is 32.7 Å². The van der Waals surface area contributed by atoms with E-state index in [1.54, 1.807) is 0 Å². The van der Waals surface area contributed by atoms with E-state index in [-0.39, 0.29) is 32.7 Å². The fraction of sp³-hybridized carbons (Fsp3) is 0.250. The van der Waals surface area contributed by atoms with E-state index in [1.165, 1.54) is 0 Å². The quantitative estimate of drug-likeness (QED) is 0.510. The molecular formula is C8H10NY+2. The standard InChI is InChI=1S/C8H10N.Y/c1-6-4-3-5-7(2)8(6)9;/h4-5H,9H2,1-2H3;/q-1;+3. The number of hydrogen-bond donors (Lipinski definition) is 1. The van der Waals surface area contributed by atoms with E-state index in [0.29, 0.717) is 0 Å². The largest absolute Gasteiger partial charge is 3.00 e. The molecule has 1 nitrogen and oxygen atoms in total. The first-order valence-corrected chi connectivity index (χ1v) is 2.94. The molecule has 0 fully saturated rings. The molecule has 1 rings (SSSR count). The summed E-state index contributed by atoms with van der Waals surface area (Å²) in [5, 5.41) is 0. The minimum absolute atomic E-state index is 0. The van der Waals surface area contributed by atoms with Crippen LogP contribution in [0.3, 0.4) is 0 Å². The van der Waals surface area contributed by atoms with Crippen molar-refractivity contribution in [3.05, 3.63) is 29.3 Å². The van der Waals surface area contributed by atoms with Gasteiger partial charge in [-0.25, -0.2) is 0 Å². The van der Waals surface area contributed by atoms with E-state index in [4.69, 9.17) is 5.73 Å². The summed E-state index contributed by atoms with van der Waals surface area (Å²) in [5.74, 6) is 0. The molecule has 0 aromatic heterocycles. The second kappa shape index (κ2) is 4.10. The summed E-state index contributed by atoms with van der Waals surface area (Å²) in [6.07, 6.45) is 0. The Kier molecular flexibility index (Phi) is 4.15. The second-order valence-electron chi connectivity index (χ2n) is 2.24. The second-order valence-corrected chi connectivity index (χ2v) is 2.24. The van der Waals surface area contributed by atoms with Crippen molar-refractivity contribution in [2.45, 2.75) is 13.8 Å². The molecule has 0 aliphatic heterocycles. The summed E-state index contributed by atoms with van der Waals surface area (Å²) >= 11 is 0. The van der Waals surface area contributed by atoms with Crippen molar-refractivity contribution in [3.63, 3.8) is 0 Å². The van der Waals surface area contributed by atoms with E-state index in [2.05, 4.69) is 6.07 Å². The van der Waals surface area contributed by atoms with E-state index in [1.807, 2.05) is 26.0 Å². The van der Waals surface area contributed by atoms with Crippen molar-refractivity contribution < 1.29 is 32.7 Å². The molecule has 0 amide bonds. The van der Waals surface area contributed by atoms with Crippen LogP contribution in [0.1, 0.15) is 11.1 Å². The van der Waals surface area contributed by atoms with Crippen LogP contribution in [0.15, 0.2) is 12.1 Å². The summed E-state index contributed by atoms with van der Waals surface area (Å²) in [4.78, 5) is 0. The smallest absolute Gasteiger partial charge is 0.419 e. The number of aryl methyl sites for hydroxylation is 2. The van der Waals surface area contributed by atoms with Crippen LogP contribution in [0.25, 0.3) is 0 Å². The van der Waals surface area contributed by atoms with Gasteiger partial charge in [0.15, 0.2) is 0 Å². The summed E-state index contributed by atoms with van der Waals surface area (Å²) in [7, 11) is 0. The summed E-state index contributed by atoms with van der Waals surface area (Å²) in [6, 6.07) is 6.77. The first-order valence-electron chi connectivity index (χ1n) is 2.94. The molecule has 2 heteroatoms. The Bertz CT molecular complexity index is 200. The normalized spacial score (nSPS) is 8.60. The van der Waals surface area contributed by atoms with E-state index < -0.39 is 0 Å². The van der Waals surface area contributed by atoms with Gasteiger partial charge in [0.1, 0.15) is 0 Å². The predicted molar refractivity (Wildman–Crippen MR) is 39.2 cm³/mol. The first-order chi connectivity index (χ1) is 4.22. The summed E-state index contributed by atoms with van der Waals surface area (Å²) < 4.78 is 0. The topological polar surface area (TPSA) is 26.0 Å². The Morgan fingerprint density at radius 3 is 1.90 bits per heavy atom. The number of rotatable bonds is 0. The molecule has 0 saturated carbocycles. The average Bonchev–Trinajstić information content (AvgIpc) is 1.83. The summed E-state index contributed by atoms with van der Waals surface area (Å²) in [5.41, 5.74) is 8.76. The number of hydrogen-bond acceptors (Lipinski definition) is 1. The summed E-state index contributed by atoms with van der Waals surface area (Å²) in [6.45, 7) is 3.97. The fourth-order valence-electron chi connectivity index (χ4n) is 0.758. The van der Waals surface area contributed by atoms with Crippen molar-refractivity contribution in [1.82, 2.24) is 0 Å². The van der Waals surface area contributed by atoms with Crippen LogP contribution in [0.4, 0.5) is 5.69 Å². The average molecular weight is 209 g/mol. The monoisotopic (exact) mass is 209 g/mol. The Labute approximate surface area is 86.9 Å². The molecule has 0 heterocycles. The Balaban J connectivity index is 0.000000810. The number of anilines is 1. The third-order valence-electron chi connectivity index (χ3n) is 1.45. The van der Waals surface area contributed by atoms with Crippen molar-refractivity contribution in [2.75, 3.05) is 5.73 Å². The van der Waals surface area contributed by atoms with E-state index >= 15 is 0 Å². The van der Waals surface area contributed by atoms with Gasteiger partial charge in [-0.05, 0) is 0 Å². The minimum atomic E-state index is 0.